The molecule has 0 atom stereocenters. The summed E-state index contributed by atoms with van der Waals surface area (Å²) in [6, 6.07) is 8.17. The molecule has 1 aromatic carbocycles. The molecule has 0 radical (unpaired) electrons. The SMILES string of the molecule is CCCNC(=O)CN=C(NCC)N(C)Cc1ccc(Br)cc1. The van der Waals surface area contributed by atoms with E-state index >= 15 is 0 Å². The van der Waals surface area contributed by atoms with E-state index in [1.165, 1.54) is 5.56 Å². The number of aliphatic imine (C=N–C) groups is 1. The Labute approximate surface area is 141 Å². The first-order valence-corrected chi connectivity index (χ1v) is 8.36. The van der Waals surface area contributed by atoms with Crippen molar-refractivity contribution < 1.29 is 4.79 Å². The highest BCUT2D eigenvalue weighted by molar-refractivity contribution is 9.10. The quantitative estimate of drug-likeness (QED) is 0.573. The first kappa shape index (κ1) is 18.5. The maximum Gasteiger partial charge on any atom is 0.241 e. The third-order valence-electron chi connectivity index (χ3n) is 2.97. The first-order valence-electron chi connectivity index (χ1n) is 7.57. The lowest BCUT2D eigenvalue weighted by Gasteiger charge is -2.22. The van der Waals surface area contributed by atoms with E-state index in [-0.39, 0.29) is 12.5 Å². The average molecular weight is 369 g/mol. The molecule has 1 rings (SSSR count). The van der Waals surface area contributed by atoms with Gasteiger partial charge in [-0.15, -0.1) is 0 Å². The van der Waals surface area contributed by atoms with Crippen molar-refractivity contribution in [3.63, 3.8) is 0 Å². The summed E-state index contributed by atoms with van der Waals surface area (Å²) in [6.07, 6.45) is 0.930. The minimum Gasteiger partial charge on any atom is -0.357 e. The fraction of sp³-hybridized carbons (Fsp3) is 0.500. The van der Waals surface area contributed by atoms with Gasteiger partial charge in [-0.1, -0.05) is 35.0 Å². The van der Waals surface area contributed by atoms with Crippen LogP contribution in [-0.4, -0.2) is 43.4 Å². The van der Waals surface area contributed by atoms with Crippen molar-refractivity contribution in [3.05, 3.63) is 34.3 Å². The summed E-state index contributed by atoms with van der Waals surface area (Å²) in [5.74, 6) is 0.686. The summed E-state index contributed by atoms with van der Waals surface area (Å²) in [5.41, 5.74) is 1.19. The number of guanidine groups is 1. The van der Waals surface area contributed by atoms with Gasteiger partial charge in [0.1, 0.15) is 6.54 Å². The molecule has 0 aliphatic rings. The molecule has 22 heavy (non-hydrogen) atoms. The molecule has 0 aliphatic carbocycles. The van der Waals surface area contributed by atoms with Crippen molar-refractivity contribution in [3.8, 4) is 0 Å². The minimum absolute atomic E-state index is 0.0469. The number of halogens is 1. The first-order chi connectivity index (χ1) is 10.6. The van der Waals surface area contributed by atoms with Crippen molar-refractivity contribution in [2.24, 2.45) is 4.99 Å². The van der Waals surface area contributed by atoms with Gasteiger partial charge in [0.2, 0.25) is 5.91 Å². The van der Waals surface area contributed by atoms with Gasteiger partial charge in [0.05, 0.1) is 0 Å². The molecule has 1 aromatic rings. The Morgan fingerprint density at radius 2 is 1.91 bits per heavy atom. The summed E-state index contributed by atoms with van der Waals surface area (Å²) < 4.78 is 1.06. The van der Waals surface area contributed by atoms with Gasteiger partial charge in [-0.3, -0.25) is 4.79 Å². The van der Waals surface area contributed by atoms with Crippen LogP contribution in [0.5, 0.6) is 0 Å². The lowest BCUT2D eigenvalue weighted by Crippen LogP contribution is -2.39. The van der Waals surface area contributed by atoms with Gasteiger partial charge in [0, 0.05) is 31.2 Å². The summed E-state index contributed by atoms with van der Waals surface area (Å²) >= 11 is 3.43. The van der Waals surface area contributed by atoms with Gasteiger partial charge in [0.25, 0.3) is 0 Å². The maximum atomic E-state index is 11.7. The number of nitrogens with one attached hydrogen (secondary N) is 2. The number of hydrogen-bond donors (Lipinski definition) is 2. The molecule has 0 heterocycles. The summed E-state index contributed by atoms with van der Waals surface area (Å²) in [5, 5.41) is 6.04. The van der Waals surface area contributed by atoms with Crippen LogP contribution in [0, 0.1) is 0 Å². The van der Waals surface area contributed by atoms with Gasteiger partial charge >= 0.3 is 0 Å². The third kappa shape index (κ3) is 6.93. The molecule has 2 N–H and O–H groups in total. The second-order valence-corrected chi connectivity index (χ2v) is 5.92. The minimum atomic E-state index is -0.0469. The van der Waals surface area contributed by atoms with E-state index in [2.05, 4.69) is 43.7 Å². The second-order valence-electron chi connectivity index (χ2n) is 5.00. The predicted octanol–water partition coefficient (Wildman–Crippen LogP) is 2.37. The molecule has 0 unspecified atom stereocenters. The number of hydrogen-bond acceptors (Lipinski definition) is 2. The van der Waals surface area contributed by atoms with E-state index in [9.17, 15) is 4.79 Å². The van der Waals surface area contributed by atoms with Crippen LogP contribution in [0.1, 0.15) is 25.8 Å². The molecule has 0 aliphatic heterocycles. The second kappa shape index (κ2) is 10.2. The summed E-state index contributed by atoms with van der Waals surface area (Å²) in [7, 11) is 1.97. The van der Waals surface area contributed by atoms with Crippen molar-refractivity contribution >= 4 is 27.8 Å². The lowest BCUT2D eigenvalue weighted by atomic mass is 10.2. The zero-order valence-corrected chi connectivity index (χ0v) is 15.1. The van der Waals surface area contributed by atoms with Crippen molar-refractivity contribution in [1.29, 1.82) is 0 Å². The normalized spacial score (nSPS) is 11.2. The average Bonchev–Trinajstić information content (AvgIpc) is 2.51. The highest BCUT2D eigenvalue weighted by Gasteiger charge is 2.07. The number of rotatable bonds is 7. The Bertz CT molecular complexity index is 487. The van der Waals surface area contributed by atoms with E-state index in [0.717, 1.165) is 29.9 Å². The Balaban J connectivity index is 2.63. The monoisotopic (exact) mass is 368 g/mol. The van der Waals surface area contributed by atoms with E-state index in [0.29, 0.717) is 6.54 Å². The van der Waals surface area contributed by atoms with Gasteiger partial charge < -0.3 is 15.5 Å². The van der Waals surface area contributed by atoms with E-state index in [4.69, 9.17) is 0 Å². The van der Waals surface area contributed by atoms with Gasteiger partial charge in [-0.2, -0.15) is 0 Å². The van der Waals surface area contributed by atoms with Crippen LogP contribution in [0.4, 0.5) is 0 Å². The molecular formula is C16H25BrN4O. The molecule has 1 amide bonds. The van der Waals surface area contributed by atoms with E-state index in [1.54, 1.807) is 0 Å². The fourth-order valence-electron chi connectivity index (χ4n) is 1.88. The van der Waals surface area contributed by atoms with E-state index < -0.39 is 0 Å². The zero-order chi connectivity index (χ0) is 16.4. The number of carbonyl (C=O) groups excluding carboxylic acids is 1. The molecule has 0 saturated carbocycles. The molecular weight excluding hydrogens is 344 g/mol. The van der Waals surface area contributed by atoms with Gasteiger partial charge in [-0.05, 0) is 31.0 Å². The Hall–Kier alpha value is -1.56. The number of nitrogens with zero attached hydrogens (tertiary/aromatic N) is 2. The Kier molecular flexibility index (Phi) is 8.58. The standard InChI is InChI=1S/C16H25BrN4O/c1-4-10-19-15(22)11-20-16(18-5-2)21(3)12-13-6-8-14(17)9-7-13/h6-9H,4-5,10-12H2,1-3H3,(H,18,20)(H,19,22). The van der Waals surface area contributed by atoms with Crippen LogP contribution >= 0.6 is 15.9 Å². The third-order valence-corrected chi connectivity index (χ3v) is 3.50. The van der Waals surface area contributed by atoms with Crippen molar-refractivity contribution in [1.82, 2.24) is 15.5 Å². The predicted molar refractivity (Wildman–Crippen MR) is 94.9 cm³/mol. The van der Waals surface area contributed by atoms with Crippen molar-refractivity contribution in [2.75, 3.05) is 26.7 Å². The molecule has 0 saturated heterocycles. The van der Waals surface area contributed by atoms with Gasteiger partial charge in [0.15, 0.2) is 5.96 Å². The van der Waals surface area contributed by atoms with Crippen molar-refractivity contribution in [2.45, 2.75) is 26.8 Å². The molecule has 5 nitrogen and oxygen atoms in total. The highest BCUT2D eigenvalue weighted by Crippen LogP contribution is 2.11. The molecule has 0 fully saturated rings. The van der Waals surface area contributed by atoms with Crippen LogP contribution in [0.25, 0.3) is 0 Å². The molecule has 6 heteroatoms. The molecule has 0 aromatic heterocycles. The number of amides is 1. The molecule has 0 bridgehead atoms. The van der Waals surface area contributed by atoms with Gasteiger partial charge in [-0.25, -0.2) is 4.99 Å². The lowest BCUT2D eigenvalue weighted by molar-refractivity contribution is -0.119. The topological polar surface area (TPSA) is 56.7 Å². The molecule has 122 valence electrons. The summed E-state index contributed by atoms with van der Waals surface area (Å²) in [4.78, 5) is 18.1. The molecule has 0 spiro atoms. The highest BCUT2D eigenvalue weighted by atomic mass is 79.9. The van der Waals surface area contributed by atoms with Crippen LogP contribution in [0.15, 0.2) is 33.7 Å². The largest absolute Gasteiger partial charge is 0.357 e. The van der Waals surface area contributed by atoms with Crippen LogP contribution in [-0.2, 0) is 11.3 Å². The number of benzene rings is 1. The Morgan fingerprint density at radius 3 is 2.50 bits per heavy atom. The maximum absolute atomic E-state index is 11.7. The van der Waals surface area contributed by atoms with E-state index in [1.807, 2.05) is 37.9 Å². The van der Waals surface area contributed by atoms with Crippen LogP contribution in [0.3, 0.4) is 0 Å². The Morgan fingerprint density at radius 1 is 1.23 bits per heavy atom. The van der Waals surface area contributed by atoms with Crippen LogP contribution in [0.2, 0.25) is 0 Å². The van der Waals surface area contributed by atoms with Crippen LogP contribution < -0.4 is 10.6 Å². The smallest absolute Gasteiger partial charge is 0.241 e. The number of carbonyl (C=O) groups is 1. The zero-order valence-electron chi connectivity index (χ0n) is 13.5. The summed E-state index contributed by atoms with van der Waals surface area (Å²) in [6.45, 7) is 6.38. The fourth-order valence-corrected chi connectivity index (χ4v) is 2.14.